The van der Waals surface area contributed by atoms with Crippen LogP contribution in [0.1, 0.15) is 64.4 Å². The topological polar surface area (TPSA) is 9.23 Å². The molecular formula is C22H34OS. The van der Waals surface area contributed by atoms with Crippen LogP contribution in [0.15, 0.2) is 24.3 Å². The molecule has 2 saturated carbocycles. The second kappa shape index (κ2) is 9.17. The zero-order valence-electron chi connectivity index (χ0n) is 15.5. The molecule has 0 radical (unpaired) electrons. The van der Waals surface area contributed by atoms with Crippen LogP contribution in [0, 0.1) is 17.8 Å². The Kier molecular flexibility index (Phi) is 6.95. The molecular weight excluding hydrogens is 312 g/mol. The van der Waals surface area contributed by atoms with E-state index < -0.39 is 0 Å². The molecule has 0 bridgehead atoms. The van der Waals surface area contributed by atoms with Gasteiger partial charge in [0, 0.05) is 0 Å². The number of benzene rings is 1. The molecule has 3 rings (SSSR count). The van der Waals surface area contributed by atoms with Crippen LogP contribution in [0.4, 0.5) is 0 Å². The fourth-order valence-corrected chi connectivity index (χ4v) is 4.67. The third-order valence-corrected chi connectivity index (χ3v) is 6.88. The molecule has 1 aromatic carbocycles. The highest BCUT2D eigenvalue weighted by Gasteiger charge is 2.22. The standard InChI is InChI=1S/C22H34OS/c1-17(2)24-16-21-12-7-18(8-13-21)6-9-19-4-3-5-22(14-19)23-15-20-10-11-20/h3-5,14,17-18,20-21H,6-13,15-16H2,1-2H3. The zero-order chi connectivity index (χ0) is 16.8. The summed E-state index contributed by atoms with van der Waals surface area (Å²) in [6.07, 6.45) is 11.1. The van der Waals surface area contributed by atoms with Gasteiger partial charge in [-0.25, -0.2) is 0 Å². The highest BCUT2D eigenvalue weighted by Crippen LogP contribution is 2.34. The van der Waals surface area contributed by atoms with Gasteiger partial charge in [0.15, 0.2) is 0 Å². The van der Waals surface area contributed by atoms with E-state index in [0.717, 1.165) is 35.4 Å². The molecule has 2 aliphatic rings. The molecule has 0 atom stereocenters. The van der Waals surface area contributed by atoms with Gasteiger partial charge in [-0.1, -0.05) is 38.8 Å². The summed E-state index contributed by atoms with van der Waals surface area (Å²) in [6, 6.07) is 8.82. The first kappa shape index (κ1) is 18.2. The molecule has 1 aromatic rings. The molecule has 0 aliphatic heterocycles. The van der Waals surface area contributed by atoms with Crippen molar-refractivity contribution in [1.29, 1.82) is 0 Å². The fraction of sp³-hybridized carbons (Fsp3) is 0.727. The van der Waals surface area contributed by atoms with E-state index in [0.29, 0.717) is 0 Å². The van der Waals surface area contributed by atoms with Gasteiger partial charge in [-0.2, -0.15) is 11.8 Å². The third kappa shape index (κ3) is 6.35. The minimum absolute atomic E-state index is 0.789. The second-order valence-electron chi connectivity index (χ2n) is 8.21. The molecule has 0 aromatic heterocycles. The van der Waals surface area contributed by atoms with Gasteiger partial charge in [-0.3, -0.25) is 0 Å². The van der Waals surface area contributed by atoms with Gasteiger partial charge in [-0.05, 0) is 85.0 Å². The average Bonchev–Trinajstić information content (AvgIpc) is 3.42. The summed E-state index contributed by atoms with van der Waals surface area (Å²) in [6.45, 7) is 5.55. The lowest BCUT2D eigenvalue weighted by atomic mass is 9.80. The van der Waals surface area contributed by atoms with Crippen LogP contribution in [-0.4, -0.2) is 17.6 Å². The summed E-state index contributed by atoms with van der Waals surface area (Å²) in [5, 5.41) is 0.789. The first-order chi connectivity index (χ1) is 11.7. The lowest BCUT2D eigenvalue weighted by Crippen LogP contribution is -2.17. The van der Waals surface area contributed by atoms with E-state index in [1.165, 1.54) is 62.7 Å². The summed E-state index contributed by atoms with van der Waals surface area (Å²) >= 11 is 2.15. The zero-order valence-corrected chi connectivity index (χ0v) is 16.3. The van der Waals surface area contributed by atoms with Gasteiger partial charge in [0.2, 0.25) is 0 Å². The Bertz CT molecular complexity index is 486. The maximum absolute atomic E-state index is 5.92. The van der Waals surface area contributed by atoms with Crippen LogP contribution in [0.25, 0.3) is 0 Å². The Morgan fingerprint density at radius 2 is 1.71 bits per heavy atom. The van der Waals surface area contributed by atoms with Crippen LogP contribution in [0.2, 0.25) is 0 Å². The largest absolute Gasteiger partial charge is 0.493 e. The summed E-state index contributed by atoms with van der Waals surface area (Å²) in [5.74, 6) is 5.21. The van der Waals surface area contributed by atoms with Crippen molar-refractivity contribution in [2.45, 2.75) is 70.5 Å². The van der Waals surface area contributed by atoms with Crippen LogP contribution in [0.5, 0.6) is 5.75 Å². The SMILES string of the molecule is CC(C)SCC1CCC(CCc2cccc(OCC3CC3)c2)CC1. The van der Waals surface area contributed by atoms with Crippen molar-refractivity contribution in [1.82, 2.24) is 0 Å². The Balaban J connectivity index is 1.36. The summed E-state index contributed by atoms with van der Waals surface area (Å²) < 4.78 is 5.92. The van der Waals surface area contributed by atoms with E-state index in [-0.39, 0.29) is 0 Å². The predicted octanol–water partition coefficient (Wildman–Crippen LogP) is 6.36. The van der Waals surface area contributed by atoms with Crippen molar-refractivity contribution in [3.63, 3.8) is 0 Å². The minimum atomic E-state index is 0.789. The highest BCUT2D eigenvalue weighted by molar-refractivity contribution is 7.99. The van der Waals surface area contributed by atoms with E-state index in [1.807, 2.05) is 0 Å². The van der Waals surface area contributed by atoms with Crippen molar-refractivity contribution in [2.75, 3.05) is 12.4 Å². The van der Waals surface area contributed by atoms with Crippen LogP contribution < -0.4 is 4.74 Å². The molecule has 134 valence electrons. The van der Waals surface area contributed by atoms with Crippen LogP contribution in [0.3, 0.4) is 0 Å². The quantitative estimate of drug-likeness (QED) is 0.515. The first-order valence-corrected chi connectivity index (χ1v) is 11.1. The Labute approximate surface area is 152 Å². The predicted molar refractivity (Wildman–Crippen MR) is 106 cm³/mol. The molecule has 1 nitrogen and oxygen atoms in total. The number of rotatable bonds is 9. The van der Waals surface area contributed by atoms with Gasteiger partial charge >= 0.3 is 0 Å². The molecule has 2 aliphatic carbocycles. The number of ether oxygens (including phenoxy) is 1. The van der Waals surface area contributed by atoms with E-state index in [2.05, 4.69) is 49.9 Å². The van der Waals surface area contributed by atoms with Gasteiger partial charge in [0.1, 0.15) is 5.75 Å². The van der Waals surface area contributed by atoms with Gasteiger partial charge in [0.25, 0.3) is 0 Å². The molecule has 0 N–H and O–H groups in total. The number of thioether (sulfide) groups is 1. The number of hydrogen-bond acceptors (Lipinski definition) is 2. The molecule has 0 spiro atoms. The number of aryl methyl sites for hydroxylation is 1. The molecule has 0 heterocycles. The number of hydrogen-bond donors (Lipinski definition) is 0. The molecule has 2 heteroatoms. The molecule has 0 unspecified atom stereocenters. The Morgan fingerprint density at radius 3 is 2.42 bits per heavy atom. The van der Waals surface area contributed by atoms with Crippen LogP contribution >= 0.6 is 11.8 Å². The van der Waals surface area contributed by atoms with Crippen molar-refractivity contribution in [3.05, 3.63) is 29.8 Å². The normalized spacial score (nSPS) is 24.3. The van der Waals surface area contributed by atoms with E-state index in [9.17, 15) is 0 Å². The Hall–Kier alpha value is -0.630. The van der Waals surface area contributed by atoms with Crippen molar-refractivity contribution < 1.29 is 4.74 Å². The molecule has 0 amide bonds. The van der Waals surface area contributed by atoms with Crippen molar-refractivity contribution in [3.8, 4) is 5.75 Å². The van der Waals surface area contributed by atoms with E-state index in [4.69, 9.17) is 4.74 Å². The van der Waals surface area contributed by atoms with Crippen molar-refractivity contribution in [2.24, 2.45) is 17.8 Å². The summed E-state index contributed by atoms with van der Waals surface area (Å²) in [5.41, 5.74) is 1.46. The highest BCUT2D eigenvalue weighted by atomic mass is 32.2. The summed E-state index contributed by atoms with van der Waals surface area (Å²) in [7, 11) is 0. The van der Waals surface area contributed by atoms with Gasteiger partial charge in [-0.15, -0.1) is 0 Å². The molecule has 0 saturated heterocycles. The fourth-order valence-electron chi connectivity index (χ4n) is 3.68. The minimum Gasteiger partial charge on any atom is -0.493 e. The first-order valence-electron chi connectivity index (χ1n) is 10.0. The van der Waals surface area contributed by atoms with Crippen LogP contribution in [-0.2, 0) is 6.42 Å². The maximum Gasteiger partial charge on any atom is 0.119 e. The van der Waals surface area contributed by atoms with Crippen molar-refractivity contribution >= 4 is 11.8 Å². The van der Waals surface area contributed by atoms with E-state index >= 15 is 0 Å². The lowest BCUT2D eigenvalue weighted by Gasteiger charge is -2.28. The van der Waals surface area contributed by atoms with Gasteiger partial charge < -0.3 is 4.74 Å². The van der Waals surface area contributed by atoms with Gasteiger partial charge in [0.05, 0.1) is 6.61 Å². The average molecular weight is 347 g/mol. The van der Waals surface area contributed by atoms with E-state index in [1.54, 1.807) is 0 Å². The maximum atomic E-state index is 5.92. The molecule has 2 fully saturated rings. The second-order valence-corrected chi connectivity index (χ2v) is 9.82. The summed E-state index contributed by atoms with van der Waals surface area (Å²) in [4.78, 5) is 0. The monoisotopic (exact) mass is 346 g/mol. The Morgan fingerprint density at radius 1 is 1.00 bits per heavy atom. The smallest absolute Gasteiger partial charge is 0.119 e. The molecule has 24 heavy (non-hydrogen) atoms. The lowest BCUT2D eigenvalue weighted by molar-refractivity contribution is 0.280. The third-order valence-electron chi connectivity index (χ3n) is 5.55.